The highest BCUT2D eigenvalue weighted by atomic mass is 16.9. The van der Waals surface area contributed by atoms with Crippen LogP contribution in [0.2, 0.25) is 0 Å². The maximum atomic E-state index is 11.2. The Morgan fingerprint density at radius 3 is 1.93 bits per heavy atom. The molecule has 0 amide bonds. The number of hydrogen-bond donors (Lipinski definition) is 2. The van der Waals surface area contributed by atoms with Gasteiger partial charge in [0.05, 0.1) is 6.10 Å². The Hall–Kier alpha value is -0.400. The normalized spacial score (nSPS) is 51.8. The summed E-state index contributed by atoms with van der Waals surface area (Å²) in [4.78, 5) is 0. The molecule has 5 heterocycles. The molecule has 5 rings (SSSR count). The predicted octanol–water partition coefficient (Wildman–Crippen LogP) is 0.371. The van der Waals surface area contributed by atoms with E-state index in [-0.39, 0.29) is 6.42 Å². The van der Waals surface area contributed by atoms with Crippen molar-refractivity contribution in [3.05, 3.63) is 0 Å². The number of aliphatic hydroxyl groups is 2. The highest BCUT2D eigenvalue weighted by Gasteiger charge is 2.63. The number of fused-ring (bicyclic) bond motifs is 4. The molecule has 0 unspecified atom stereocenters. The molecule has 10 nitrogen and oxygen atoms in total. The van der Waals surface area contributed by atoms with Crippen LogP contribution in [0.15, 0.2) is 0 Å². The Balaban J connectivity index is 1.37. The van der Waals surface area contributed by atoms with Crippen molar-refractivity contribution in [2.45, 2.75) is 127 Å². The van der Waals surface area contributed by atoms with Crippen molar-refractivity contribution in [2.75, 3.05) is 0 Å². The molecule has 0 saturated carbocycles. The van der Waals surface area contributed by atoms with Crippen molar-refractivity contribution in [2.24, 2.45) is 0 Å². The van der Waals surface area contributed by atoms with Gasteiger partial charge in [0, 0.05) is 6.42 Å². The molecule has 2 N–H and O–H groups in total. The molecule has 5 aliphatic heterocycles. The van der Waals surface area contributed by atoms with Crippen LogP contribution in [0, 0.1) is 0 Å². The summed E-state index contributed by atoms with van der Waals surface area (Å²) in [5.74, 6) is -2.56. The number of hydrogen-bond acceptors (Lipinski definition) is 10. The molecular weight excluding hydrogens is 400 g/mol. The first-order chi connectivity index (χ1) is 13.8. The molecule has 0 radical (unpaired) electrons. The maximum Gasteiger partial charge on any atom is 0.190 e. The Kier molecular flexibility index (Phi) is 4.86. The molecule has 172 valence electrons. The second-order valence-electron chi connectivity index (χ2n) is 10.1. The van der Waals surface area contributed by atoms with Crippen LogP contribution >= 0.6 is 0 Å². The molecule has 0 aromatic carbocycles. The second kappa shape index (κ2) is 6.80. The first-order valence-electron chi connectivity index (χ1n) is 10.6. The fourth-order valence-corrected chi connectivity index (χ4v) is 5.11. The van der Waals surface area contributed by atoms with E-state index in [4.69, 9.17) is 37.9 Å². The Labute approximate surface area is 175 Å². The van der Waals surface area contributed by atoms with Gasteiger partial charge in [0.1, 0.15) is 42.7 Å². The van der Waals surface area contributed by atoms with Crippen LogP contribution in [0.3, 0.4) is 0 Å². The molecule has 0 aromatic rings. The van der Waals surface area contributed by atoms with Crippen molar-refractivity contribution in [3.63, 3.8) is 0 Å². The fourth-order valence-electron chi connectivity index (χ4n) is 5.11. The zero-order chi connectivity index (χ0) is 21.6. The largest absolute Gasteiger partial charge is 0.390 e. The average molecular weight is 432 g/mol. The first-order valence-corrected chi connectivity index (χ1v) is 10.6. The first kappa shape index (κ1) is 21.4. The van der Waals surface area contributed by atoms with Crippen molar-refractivity contribution in [1.29, 1.82) is 0 Å². The number of aliphatic hydroxyl groups excluding tert-OH is 2. The van der Waals surface area contributed by atoms with Gasteiger partial charge in [0.25, 0.3) is 0 Å². The highest BCUT2D eigenvalue weighted by molar-refractivity contribution is 5.04. The van der Waals surface area contributed by atoms with Gasteiger partial charge in [-0.05, 0) is 41.5 Å². The van der Waals surface area contributed by atoms with Crippen molar-refractivity contribution in [3.8, 4) is 0 Å². The Morgan fingerprint density at radius 1 is 0.667 bits per heavy atom. The molecule has 5 fully saturated rings. The lowest BCUT2D eigenvalue weighted by atomic mass is 9.89. The van der Waals surface area contributed by atoms with E-state index in [0.717, 1.165) is 0 Å². The molecule has 0 bridgehead atoms. The van der Waals surface area contributed by atoms with E-state index >= 15 is 0 Å². The van der Waals surface area contributed by atoms with E-state index < -0.39 is 78.8 Å². The zero-order valence-corrected chi connectivity index (χ0v) is 18.1. The van der Waals surface area contributed by atoms with Crippen LogP contribution in [0.25, 0.3) is 0 Å². The summed E-state index contributed by atoms with van der Waals surface area (Å²) >= 11 is 0. The standard InChI is InChI=1S/C20H32O10/c1-18(2)25-9-7-8(21)11(23-16(9)29-18)10(22)12-13-14(27-19(3,4)26-13)15-17(24-12)30-20(5,6)28-15/h8-17,21-22H,7H2,1-6H3/t8-,9-,10+,11+,12+,13-,14-,15+,16-,17+/m0/s1. The van der Waals surface area contributed by atoms with E-state index in [0.29, 0.717) is 0 Å². The lowest BCUT2D eigenvalue weighted by molar-refractivity contribution is -0.292. The molecule has 0 aliphatic carbocycles. The third kappa shape index (κ3) is 3.61. The molecule has 30 heavy (non-hydrogen) atoms. The molecule has 5 aliphatic rings. The second-order valence-corrected chi connectivity index (χ2v) is 10.1. The van der Waals surface area contributed by atoms with Gasteiger partial charge < -0.3 is 48.1 Å². The zero-order valence-electron chi connectivity index (χ0n) is 18.1. The quantitative estimate of drug-likeness (QED) is 0.634. The van der Waals surface area contributed by atoms with E-state index in [1.165, 1.54) is 0 Å². The SMILES string of the molecule is CC1(C)O[C@@H]2[C@H](O1)[C@H]1OC(C)(C)O[C@H]1O[C@@H]2[C@H](O)[C@@H]1O[C@H]2OC(C)(C)O[C@H]2C[C@@H]1O. The molecular formula is C20H32O10. The summed E-state index contributed by atoms with van der Waals surface area (Å²) in [5.41, 5.74) is 0. The summed E-state index contributed by atoms with van der Waals surface area (Å²) in [6, 6.07) is 0. The van der Waals surface area contributed by atoms with Crippen LogP contribution in [-0.2, 0) is 37.9 Å². The van der Waals surface area contributed by atoms with Gasteiger partial charge in [-0.25, -0.2) is 0 Å². The molecule has 0 aromatic heterocycles. The molecule has 5 saturated heterocycles. The summed E-state index contributed by atoms with van der Waals surface area (Å²) in [5, 5.41) is 21.9. The summed E-state index contributed by atoms with van der Waals surface area (Å²) < 4.78 is 47.6. The molecule has 0 spiro atoms. The van der Waals surface area contributed by atoms with Gasteiger partial charge in [0.2, 0.25) is 0 Å². The van der Waals surface area contributed by atoms with Crippen molar-refractivity contribution < 1.29 is 48.1 Å². The van der Waals surface area contributed by atoms with Crippen molar-refractivity contribution in [1.82, 2.24) is 0 Å². The molecule has 10 atom stereocenters. The smallest absolute Gasteiger partial charge is 0.190 e. The molecule has 10 heteroatoms. The number of rotatable bonds is 2. The van der Waals surface area contributed by atoms with Crippen molar-refractivity contribution >= 4 is 0 Å². The average Bonchev–Trinajstić information content (AvgIpc) is 3.19. The van der Waals surface area contributed by atoms with Gasteiger partial charge in [-0.15, -0.1) is 0 Å². The van der Waals surface area contributed by atoms with Gasteiger partial charge >= 0.3 is 0 Å². The summed E-state index contributed by atoms with van der Waals surface area (Å²) in [6.07, 6.45) is -7.16. The Morgan fingerprint density at radius 2 is 1.20 bits per heavy atom. The highest BCUT2D eigenvalue weighted by Crippen LogP contribution is 2.46. The third-order valence-electron chi connectivity index (χ3n) is 6.15. The third-order valence-corrected chi connectivity index (χ3v) is 6.15. The summed E-state index contributed by atoms with van der Waals surface area (Å²) in [7, 11) is 0. The number of ether oxygens (including phenoxy) is 8. The van der Waals surface area contributed by atoms with Crippen LogP contribution in [0.1, 0.15) is 48.0 Å². The monoisotopic (exact) mass is 432 g/mol. The van der Waals surface area contributed by atoms with E-state index in [2.05, 4.69) is 0 Å². The fraction of sp³-hybridized carbons (Fsp3) is 1.00. The maximum absolute atomic E-state index is 11.2. The van der Waals surface area contributed by atoms with E-state index in [1.54, 1.807) is 41.5 Å². The van der Waals surface area contributed by atoms with Crippen LogP contribution < -0.4 is 0 Å². The minimum absolute atomic E-state index is 0.276. The minimum atomic E-state index is -1.22. The predicted molar refractivity (Wildman–Crippen MR) is 97.9 cm³/mol. The summed E-state index contributed by atoms with van der Waals surface area (Å²) in [6.45, 7) is 10.8. The van der Waals surface area contributed by atoms with Crippen LogP contribution in [-0.4, -0.2) is 89.0 Å². The van der Waals surface area contributed by atoms with Crippen LogP contribution in [0.5, 0.6) is 0 Å². The lowest BCUT2D eigenvalue weighted by Gasteiger charge is -2.44. The van der Waals surface area contributed by atoms with Gasteiger partial charge in [-0.2, -0.15) is 0 Å². The van der Waals surface area contributed by atoms with E-state index in [9.17, 15) is 10.2 Å². The Bertz CT molecular complexity index is 680. The van der Waals surface area contributed by atoms with Gasteiger partial charge in [-0.1, -0.05) is 0 Å². The minimum Gasteiger partial charge on any atom is -0.390 e. The van der Waals surface area contributed by atoms with Gasteiger partial charge in [-0.3, -0.25) is 0 Å². The topological polar surface area (TPSA) is 114 Å². The lowest BCUT2D eigenvalue weighted by Crippen LogP contribution is -2.63. The van der Waals surface area contributed by atoms with Gasteiger partial charge in [0.15, 0.2) is 29.9 Å². The van der Waals surface area contributed by atoms with E-state index in [1.807, 2.05) is 0 Å². The van der Waals surface area contributed by atoms with Crippen LogP contribution in [0.4, 0.5) is 0 Å².